The molecule has 0 saturated heterocycles. The number of unbranched alkanes of at least 4 members (excludes halogenated alkanes) is 15. The van der Waals surface area contributed by atoms with Crippen molar-refractivity contribution in [1.29, 1.82) is 0 Å². The molecule has 0 rings (SSSR count). The van der Waals surface area contributed by atoms with Gasteiger partial charge in [0, 0.05) is 29.0 Å². The Morgan fingerprint density at radius 2 is 0.841 bits per heavy atom. The molecule has 0 aliphatic heterocycles. The van der Waals surface area contributed by atoms with Gasteiger partial charge in [-0.05, 0) is 38.5 Å². The first kappa shape index (κ1) is 45.3. The zero-order valence-electron chi connectivity index (χ0n) is 28.4. The second-order valence-corrected chi connectivity index (χ2v) is 11.2. The van der Waals surface area contributed by atoms with Crippen molar-refractivity contribution in [3.05, 3.63) is 48.7 Å². The molecule has 0 aliphatic carbocycles. The van der Waals surface area contributed by atoms with Gasteiger partial charge in [0.15, 0.2) is 0 Å². The number of rotatable bonds is 26. The minimum Gasteiger partial charge on any atom is -0.478 e. The average molecular weight is 620 g/mol. The molecule has 0 spiro atoms. The maximum absolute atomic E-state index is 11.4. The maximum atomic E-state index is 11.4. The fourth-order valence-electron chi connectivity index (χ4n) is 4.01. The van der Waals surface area contributed by atoms with E-state index in [0.717, 1.165) is 50.8 Å². The molecule has 0 radical (unpaired) electrons. The van der Waals surface area contributed by atoms with E-state index in [1.165, 1.54) is 89.9 Å². The second-order valence-electron chi connectivity index (χ2n) is 11.2. The standard InChI is InChI=1S/C14H23NO3.2C11H21NO/c1-3-4-5-6-7-8-9-12(2)14(18)15-11-10-13(16)17;2*1-3-4-5-6-7-8-9-10(2)11(12)13/h10-11H,2-9H2,1H3,(H,15,18)(H,16,17);2*2-9H2,1H3,(H2,12,13). The van der Waals surface area contributed by atoms with Crippen molar-refractivity contribution in [2.24, 2.45) is 11.5 Å². The fourth-order valence-corrected chi connectivity index (χ4v) is 4.01. The SMILES string of the molecule is C=C(CCCCCCCC)C(=O)NC=CC(=O)O.C=C(CCCCCCCC)C(N)=O.C=C(CCCCCCCC)C(N)=O. The van der Waals surface area contributed by atoms with Crippen molar-refractivity contribution in [2.45, 2.75) is 156 Å². The number of hydrogen-bond acceptors (Lipinski definition) is 4. The van der Waals surface area contributed by atoms with E-state index in [1.54, 1.807) is 0 Å². The first-order valence-electron chi connectivity index (χ1n) is 16.8. The quantitative estimate of drug-likeness (QED) is 0.0564. The number of carbonyl (C=O) groups is 4. The Bertz CT molecular complexity index is 811. The lowest BCUT2D eigenvalue weighted by Gasteiger charge is -2.04. The van der Waals surface area contributed by atoms with Gasteiger partial charge in [-0.1, -0.05) is 137 Å². The van der Waals surface area contributed by atoms with E-state index in [9.17, 15) is 19.2 Å². The summed E-state index contributed by atoms with van der Waals surface area (Å²) in [6, 6.07) is 0. The summed E-state index contributed by atoms with van der Waals surface area (Å²) in [6.07, 6.45) is 26.0. The highest BCUT2D eigenvalue weighted by atomic mass is 16.4. The van der Waals surface area contributed by atoms with Crippen LogP contribution in [0.5, 0.6) is 0 Å². The third-order valence-electron chi connectivity index (χ3n) is 6.95. The van der Waals surface area contributed by atoms with Crippen LogP contribution in [0.25, 0.3) is 0 Å². The van der Waals surface area contributed by atoms with Crippen LogP contribution in [0.3, 0.4) is 0 Å². The molecule has 0 unspecified atom stereocenters. The van der Waals surface area contributed by atoms with Crippen LogP contribution < -0.4 is 16.8 Å². The molecule has 0 aliphatic rings. The van der Waals surface area contributed by atoms with Gasteiger partial charge in [-0.3, -0.25) is 14.4 Å². The van der Waals surface area contributed by atoms with Crippen LogP contribution >= 0.6 is 0 Å². The van der Waals surface area contributed by atoms with Crippen LogP contribution in [0.2, 0.25) is 0 Å². The molecule has 44 heavy (non-hydrogen) atoms. The van der Waals surface area contributed by atoms with Crippen molar-refractivity contribution < 1.29 is 24.3 Å². The van der Waals surface area contributed by atoms with E-state index >= 15 is 0 Å². The third-order valence-corrected chi connectivity index (χ3v) is 6.95. The Hall–Kier alpha value is -3.16. The summed E-state index contributed by atoms with van der Waals surface area (Å²) in [5.74, 6) is -2.10. The highest BCUT2D eigenvalue weighted by Gasteiger charge is 2.04. The van der Waals surface area contributed by atoms with E-state index in [-0.39, 0.29) is 17.7 Å². The highest BCUT2D eigenvalue weighted by molar-refractivity contribution is 5.94. The minimum atomic E-state index is -1.09. The number of carboxylic acid groups (broad SMARTS) is 1. The zero-order chi connectivity index (χ0) is 34.0. The molecular formula is C36H65N3O5. The first-order chi connectivity index (χ1) is 20.9. The number of aliphatic carboxylic acids is 1. The molecular weight excluding hydrogens is 554 g/mol. The Labute approximate surface area is 268 Å². The predicted molar refractivity (Wildman–Crippen MR) is 185 cm³/mol. The molecule has 254 valence electrons. The molecule has 8 nitrogen and oxygen atoms in total. The Morgan fingerprint density at radius 3 is 1.14 bits per heavy atom. The number of amides is 3. The first-order valence-corrected chi connectivity index (χ1v) is 16.8. The van der Waals surface area contributed by atoms with E-state index in [1.807, 2.05) is 0 Å². The summed E-state index contributed by atoms with van der Waals surface area (Å²) >= 11 is 0. The van der Waals surface area contributed by atoms with Crippen molar-refractivity contribution in [3.63, 3.8) is 0 Å². The monoisotopic (exact) mass is 619 g/mol. The summed E-state index contributed by atoms with van der Waals surface area (Å²) in [5.41, 5.74) is 11.8. The molecule has 0 bridgehead atoms. The zero-order valence-corrected chi connectivity index (χ0v) is 28.4. The molecule has 0 fully saturated rings. The normalized spacial score (nSPS) is 10.2. The predicted octanol–water partition coefficient (Wildman–Crippen LogP) is 8.56. The van der Waals surface area contributed by atoms with Gasteiger partial charge < -0.3 is 21.9 Å². The lowest BCUT2D eigenvalue weighted by atomic mass is 10.1. The van der Waals surface area contributed by atoms with Crippen molar-refractivity contribution in [1.82, 2.24) is 5.32 Å². The smallest absolute Gasteiger partial charge is 0.329 e. The van der Waals surface area contributed by atoms with Crippen LogP contribution in [0.15, 0.2) is 48.7 Å². The number of carbonyl (C=O) groups excluding carboxylic acids is 3. The summed E-state index contributed by atoms with van der Waals surface area (Å²) in [7, 11) is 0. The van der Waals surface area contributed by atoms with Gasteiger partial charge in [-0.15, -0.1) is 0 Å². The van der Waals surface area contributed by atoms with Gasteiger partial charge in [0.05, 0.1) is 0 Å². The Morgan fingerprint density at radius 1 is 0.545 bits per heavy atom. The topological polar surface area (TPSA) is 153 Å². The number of hydrogen-bond donors (Lipinski definition) is 4. The van der Waals surface area contributed by atoms with Gasteiger partial charge in [0.25, 0.3) is 5.91 Å². The number of nitrogens with one attached hydrogen (secondary N) is 1. The summed E-state index contributed by atoms with van der Waals surface area (Å²) < 4.78 is 0. The van der Waals surface area contributed by atoms with Crippen LogP contribution in [0.1, 0.15) is 156 Å². The van der Waals surface area contributed by atoms with Crippen molar-refractivity contribution >= 4 is 23.7 Å². The van der Waals surface area contributed by atoms with Crippen LogP contribution in [0.4, 0.5) is 0 Å². The van der Waals surface area contributed by atoms with E-state index < -0.39 is 5.97 Å². The molecule has 8 heteroatoms. The Kier molecular flexibility index (Phi) is 35.3. The molecule has 6 N–H and O–H groups in total. The number of nitrogens with two attached hydrogens (primary N) is 2. The number of carboxylic acids is 1. The molecule has 3 amide bonds. The van der Waals surface area contributed by atoms with Crippen LogP contribution in [-0.2, 0) is 19.2 Å². The largest absolute Gasteiger partial charge is 0.478 e. The third kappa shape index (κ3) is 36.9. The fraction of sp³-hybridized carbons (Fsp3) is 0.667. The van der Waals surface area contributed by atoms with Crippen molar-refractivity contribution in [3.8, 4) is 0 Å². The molecule has 0 saturated carbocycles. The van der Waals surface area contributed by atoms with Gasteiger partial charge in [-0.2, -0.15) is 0 Å². The summed E-state index contributed by atoms with van der Waals surface area (Å²) in [4.78, 5) is 42.8. The number of primary amides is 2. The van der Waals surface area contributed by atoms with Gasteiger partial charge in [0.1, 0.15) is 0 Å². The highest BCUT2D eigenvalue weighted by Crippen LogP contribution is 2.12. The Balaban J connectivity index is -0.000000585. The van der Waals surface area contributed by atoms with E-state index in [2.05, 4.69) is 45.8 Å². The van der Waals surface area contributed by atoms with Crippen molar-refractivity contribution in [2.75, 3.05) is 0 Å². The van der Waals surface area contributed by atoms with E-state index in [4.69, 9.17) is 16.6 Å². The second kappa shape index (κ2) is 34.3. The lowest BCUT2D eigenvalue weighted by Crippen LogP contribution is -2.19. The molecule has 0 aromatic carbocycles. The van der Waals surface area contributed by atoms with Crippen LogP contribution in [-0.4, -0.2) is 28.8 Å². The molecule has 0 atom stereocenters. The van der Waals surface area contributed by atoms with Gasteiger partial charge >= 0.3 is 5.97 Å². The molecule has 0 aromatic rings. The average Bonchev–Trinajstić information content (AvgIpc) is 2.98. The molecule has 0 aromatic heterocycles. The van der Waals surface area contributed by atoms with E-state index in [0.29, 0.717) is 23.1 Å². The minimum absolute atomic E-state index is 0.305. The summed E-state index contributed by atoms with van der Waals surface area (Å²) in [5, 5.41) is 10.7. The van der Waals surface area contributed by atoms with Gasteiger partial charge in [0.2, 0.25) is 11.8 Å². The van der Waals surface area contributed by atoms with Crippen LogP contribution in [0, 0.1) is 0 Å². The van der Waals surface area contributed by atoms with Gasteiger partial charge in [-0.25, -0.2) is 4.79 Å². The maximum Gasteiger partial charge on any atom is 0.329 e. The summed E-state index contributed by atoms with van der Waals surface area (Å²) in [6.45, 7) is 17.5. The molecule has 0 heterocycles. The lowest BCUT2D eigenvalue weighted by molar-refractivity contribution is -0.131.